The second-order valence-corrected chi connectivity index (χ2v) is 6.81. The highest BCUT2D eigenvalue weighted by molar-refractivity contribution is 5.93. The van der Waals surface area contributed by atoms with Crippen molar-refractivity contribution < 1.29 is 28.2 Å². The minimum Gasteiger partial charge on any atom is -0.458 e. The normalized spacial score (nSPS) is 17.0. The third-order valence-corrected chi connectivity index (χ3v) is 4.73. The molecule has 0 aliphatic carbocycles. The lowest BCUT2D eigenvalue weighted by Gasteiger charge is -2.21. The molecule has 1 heterocycles. The summed E-state index contributed by atoms with van der Waals surface area (Å²) in [7, 11) is 0. The van der Waals surface area contributed by atoms with E-state index >= 15 is 0 Å². The molecule has 0 spiro atoms. The Morgan fingerprint density at radius 3 is 2.52 bits per heavy atom. The first kappa shape index (κ1) is 20.5. The van der Waals surface area contributed by atoms with Gasteiger partial charge >= 0.3 is 12.1 Å². The summed E-state index contributed by atoms with van der Waals surface area (Å²) in [5, 5.41) is 0. The van der Waals surface area contributed by atoms with Gasteiger partial charge in [-0.1, -0.05) is 42.5 Å². The smallest absolute Gasteiger partial charge is 0.417 e. The van der Waals surface area contributed by atoms with Gasteiger partial charge in [-0.15, -0.1) is 0 Å². The number of ether oxygens (including phenoxy) is 2. The largest absolute Gasteiger partial charge is 0.458 e. The maximum atomic E-state index is 13.2. The molecular formula is C22H22FNO5. The molecule has 1 saturated heterocycles. The number of nitrogens with zero attached hydrogens (tertiary/aromatic N) is 1. The van der Waals surface area contributed by atoms with Gasteiger partial charge in [0.05, 0.1) is 0 Å². The highest BCUT2D eigenvalue weighted by Crippen LogP contribution is 2.30. The van der Waals surface area contributed by atoms with Crippen LogP contribution in [0.5, 0.6) is 0 Å². The number of esters is 1. The fourth-order valence-electron chi connectivity index (χ4n) is 3.35. The zero-order chi connectivity index (χ0) is 20.8. The van der Waals surface area contributed by atoms with Crippen molar-refractivity contribution in [3.8, 4) is 0 Å². The highest BCUT2D eigenvalue weighted by Gasteiger charge is 2.38. The van der Waals surface area contributed by atoms with Crippen LogP contribution >= 0.6 is 0 Å². The Morgan fingerprint density at radius 1 is 1.17 bits per heavy atom. The van der Waals surface area contributed by atoms with E-state index in [-0.39, 0.29) is 24.8 Å². The number of halogens is 1. The molecule has 0 radical (unpaired) electrons. The van der Waals surface area contributed by atoms with Gasteiger partial charge < -0.3 is 9.47 Å². The Balaban J connectivity index is 1.62. The predicted molar refractivity (Wildman–Crippen MR) is 102 cm³/mol. The van der Waals surface area contributed by atoms with Gasteiger partial charge in [0.1, 0.15) is 24.6 Å². The van der Waals surface area contributed by atoms with Crippen LogP contribution in [0.15, 0.2) is 54.6 Å². The van der Waals surface area contributed by atoms with Gasteiger partial charge in [0.15, 0.2) is 0 Å². The summed E-state index contributed by atoms with van der Waals surface area (Å²) in [6.07, 6.45) is -0.387. The summed E-state index contributed by atoms with van der Waals surface area (Å²) >= 11 is 0. The van der Waals surface area contributed by atoms with Crippen LogP contribution in [0.25, 0.3) is 0 Å². The minimum absolute atomic E-state index is 0.0946. The number of amides is 2. The average Bonchev–Trinajstić information content (AvgIpc) is 3.09. The van der Waals surface area contributed by atoms with Crippen LogP contribution in [0.1, 0.15) is 49.5 Å². The van der Waals surface area contributed by atoms with Crippen molar-refractivity contribution in [2.45, 2.75) is 38.3 Å². The van der Waals surface area contributed by atoms with Crippen LogP contribution in [-0.2, 0) is 19.1 Å². The summed E-state index contributed by atoms with van der Waals surface area (Å²) in [5.41, 5.74) is 1.48. The molecule has 0 N–H and O–H groups in total. The average molecular weight is 399 g/mol. The molecular weight excluding hydrogens is 377 g/mol. The summed E-state index contributed by atoms with van der Waals surface area (Å²) in [5.74, 6) is -1.19. The first-order valence-corrected chi connectivity index (χ1v) is 9.42. The second-order valence-electron chi connectivity index (χ2n) is 6.81. The van der Waals surface area contributed by atoms with Gasteiger partial charge in [-0.3, -0.25) is 9.59 Å². The zero-order valence-electron chi connectivity index (χ0n) is 16.0. The molecule has 0 saturated carbocycles. The van der Waals surface area contributed by atoms with Crippen molar-refractivity contribution in [1.82, 2.24) is 4.90 Å². The lowest BCUT2D eigenvalue weighted by molar-refractivity contribution is -0.147. The fraction of sp³-hybridized carbons (Fsp3) is 0.318. The topological polar surface area (TPSA) is 72.9 Å². The van der Waals surface area contributed by atoms with E-state index in [9.17, 15) is 18.8 Å². The quantitative estimate of drug-likeness (QED) is 0.649. The predicted octanol–water partition coefficient (Wildman–Crippen LogP) is 4.32. The molecule has 1 fully saturated rings. The van der Waals surface area contributed by atoms with Crippen molar-refractivity contribution in [1.29, 1.82) is 0 Å². The molecule has 7 heteroatoms. The number of benzene rings is 2. The van der Waals surface area contributed by atoms with E-state index in [1.165, 1.54) is 19.1 Å². The summed E-state index contributed by atoms with van der Waals surface area (Å²) < 4.78 is 23.5. The van der Waals surface area contributed by atoms with Gasteiger partial charge in [0.25, 0.3) is 0 Å². The second kappa shape index (κ2) is 9.32. The molecule has 2 unspecified atom stereocenters. The van der Waals surface area contributed by atoms with Crippen molar-refractivity contribution in [2.24, 2.45) is 0 Å². The molecule has 3 rings (SSSR count). The molecule has 152 valence electrons. The van der Waals surface area contributed by atoms with Crippen molar-refractivity contribution in [3.05, 3.63) is 71.5 Å². The molecule has 2 atom stereocenters. The summed E-state index contributed by atoms with van der Waals surface area (Å²) in [4.78, 5) is 37.3. The number of rotatable bonds is 7. The maximum Gasteiger partial charge on any atom is 0.417 e. The van der Waals surface area contributed by atoms with Crippen LogP contribution in [0, 0.1) is 5.82 Å². The number of hydrogen-bond acceptors (Lipinski definition) is 5. The molecule has 0 aromatic heterocycles. The highest BCUT2D eigenvalue weighted by atomic mass is 19.1. The molecule has 1 aliphatic rings. The summed E-state index contributed by atoms with van der Waals surface area (Å²) in [6.45, 7) is 1.42. The number of hydrogen-bond donors (Lipinski definition) is 0. The lowest BCUT2D eigenvalue weighted by Crippen LogP contribution is -2.34. The first-order valence-electron chi connectivity index (χ1n) is 9.42. The Hall–Kier alpha value is -3.22. The maximum absolute atomic E-state index is 13.2. The molecule has 29 heavy (non-hydrogen) atoms. The molecule has 6 nitrogen and oxygen atoms in total. The van der Waals surface area contributed by atoms with E-state index in [1.807, 2.05) is 30.3 Å². The van der Waals surface area contributed by atoms with Crippen LogP contribution in [-0.4, -0.2) is 29.5 Å². The van der Waals surface area contributed by atoms with Crippen LogP contribution < -0.4 is 0 Å². The van der Waals surface area contributed by atoms with Crippen LogP contribution in [0.3, 0.4) is 0 Å². The third-order valence-electron chi connectivity index (χ3n) is 4.73. The number of carbonyl (C=O) groups excluding carboxylic acids is 3. The van der Waals surface area contributed by atoms with Crippen LogP contribution in [0.4, 0.5) is 9.18 Å². The SMILES string of the molecule is CC(=O)OC(CCCC(=O)N1C(=O)OCC1c1ccccc1)c1ccc(F)cc1. The van der Waals surface area contributed by atoms with Gasteiger partial charge in [0.2, 0.25) is 5.91 Å². The van der Waals surface area contributed by atoms with E-state index in [0.717, 1.165) is 10.5 Å². The van der Waals surface area contributed by atoms with Gasteiger partial charge in [-0.25, -0.2) is 14.1 Å². The monoisotopic (exact) mass is 399 g/mol. The molecule has 2 amide bonds. The lowest BCUT2D eigenvalue weighted by atomic mass is 10.0. The van der Waals surface area contributed by atoms with E-state index in [4.69, 9.17) is 9.47 Å². The Kier molecular flexibility index (Phi) is 6.59. The molecule has 2 aromatic rings. The van der Waals surface area contributed by atoms with E-state index in [0.29, 0.717) is 18.4 Å². The fourth-order valence-corrected chi connectivity index (χ4v) is 3.35. The molecule has 0 bridgehead atoms. The number of imide groups is 1. The number of carbonyl (C=O) groups is 3. The Bertz CT molecular complexity index is 869. The van der Waals surface area contributed by atoms with Gasteiger partial charge in [-0.05, 0) is 36.1 Å². The molecule has 1 aliphatic heterocycles. The van der Waals surface area contributed by atoms with E-state index < -0.39 is 24.2 Å². The van der Waals surface area contributed by atoms with E-state index in [1.54, 1.807) is 12.1 Å². The Labute approximate surface area is 168 Å². The molecule has 2 aromatic carbocycles. The Morgan fingerprint density at radius 2 is 1.86 bits per heavy atom. The van der Waals surface area contributed by atoms with Crippen molar-refractivity contribution in [3.63, 3.8) is 0 Å². The van der Waals surface area contributed by atoms with Crippen molar-refractivity contribution >= 4 is 18.0 Å². The van der Waals surface area contributed by atoms with E-state index in [2.05, 4.69) is 0 Å². The van der Waals surface area contributed by atoms with Crippen molar-refractivity contribution in [2.75, 3.05) is 6.61 Å². The minimum atomic E-state index is -0.654. The van der Waals surface area contributed by atoms with Gasteiger partial charge in [-0.2, -0.15) is 0 Å². The summed E-state index contributed by atoms with van der Waals surface area (Å²) in [6, 6.07) is 14.5. The van der Waals surface area contributed by atoms with Gasteiger partial charge in [0, 0.05) is 13.3 Å². The number of cyclic esters (lactones) is 1. The standard InChI is InChI=1S/C22H22FNO5/c1-15(25)29-20(17-10-12-18(23)13-11-17)8-5-9-21(26)24-19(14-28-22(24)27)16-6-3-2-4-7-16/h2-4,6-7,10-13,19-20H,5,8-9,14H2,1H3. The third kappa shape index (κ3) is 5.19. The van der Waals surface area contributed by atoms with Crippen LogP contribution in [0.2, 0.25) is 0 Å². The first-order chi connectivity index (χ1) is 14.0. The zero-order valence-corrected chi connectivity index (χ0v) is 16.0.